The molecule has 0 saturated heterocycles. The van der Waals surface area contributed by atoms with Crippen LogP contribution in [0.25, 0.3) is 0 Å². The van der Waals surface area contributed by atoms with Crippen LogP contribution in [0.1, 0.15) is 22.3 Å². The van der Waals surface area contributed by atoms with Gasteiger partial charge in [-0.15, -0.1) is 0 Å². The number of carbonyl (C=O) groups is 2. The third kappa shape index (κ3) is 5.07. The molecule has 0 aromatic heterocycles. The van der Waals surface area contributed by atoms with Gasteiger partial charge in [-0.2, -0.15) is 26.3 Å². The number of carbonyl (C=O) groups excluding carboxylic acids is 2. The average Bonchev–Trinajstić information content (AvgIpc) is 2.60. The Labute approximate surface area is 161 Å². The number of primary amides is 2. The number of hydrogen-bond donors (Lipinski definition) is 2. The van der Waals surface area contributed by atoms with Gasteiger partial charge < -0.3 is 11.5 Å². The van der Waals surface area contributed by atoms with Crippen LogP contribution < -0.4 is 11.5 Å². The Morgan fingerprint density at radius 2 is 0.897 bits per heavy atom. The first-order valence-corrected chi connectivity index (χ1v) is 8.18. The van der Waals surface area contributed by atoms with Crippen molar-refractivity contribution in [3.05, 3.63) is 70.8 Å². The van der Waals surface area contributed by atoms with E-state index in [0.29, 0.717) is 0 Å². The van der Waals surface area contributed by atoms with Crippen molar-refractivity contribution >= 4 is 11.8 Å². The summed E-state index contributed by atoms with van der Waals surface area (Å²) in [6, 6.07) is 7.43. The first kappa shape index (κ1) is 22.3. The summed E-state index contributed by atoms with van der Waals surface area (Å²) >= 11 is 0. The van der Waals surface area contributed by atoms with Crippen LogP contribution in [0.4, 0.5) is 26.3 Å². The average molecular weight is 418 g/mol. The Hall–Kier alpha value is -3.04. The highest BCUT2D eigenvalue weighted by molar-refractivity contribution is 6.04. The summed E-state index contributed by atoms with van der Waals surface area (Å²) in [5, 5.41) is 0. The van der Waals surface area contributed by atoms with Gasteiger partial charge in [0, 0.05) is 0 Å². The second-order valence-electron chi connectivity index (χ2n) is 6.55. The van der Waals surface area contributed by atoms with Crippen molar-refractivity contribution in [3.8, 4) is 0 Å². The van der Waals surface area contributed by atoms with Crippen molar-refractivity contribution in [2.75, 3.05) is 0 Å². The zero-order chi connectivity index (χ0) is 22.0. The van der Waals surface area contributed by atoms with Crippen LogP contribution in [0.2, 0.25) is 0 Å². The molecule has 2 aromatic rings. The quantitative estimate of drug-likeness (QED) is 0.556. The maximum Gasteiger partial charge on any atom is 0.416 e. The van der Waals surface area contributed by atoms with Crippen LogP contribution in [-0.2, 0) is 34.8 Å². The first-order chi connectivity index (χ1) is 13.3. The monoisotopic (exact) mass is 418 g/mol. The SMILES string of the molecule is NC(=O)C(Cc1ccc(C(F)(F)F)cc1)(Cc1ccc(C(F)(F)F)cc1)C(N)=O. The molecule has 0 heterocycles. The Morgan fingerprint density at radius 1 is 0.621 bits per heavy atom. The van der Waals surface area contributed by atoms with E-state index in [9.17, 15) is 35.9 Å². The molecule has 4 nitrogen and oxygen atoms in total. The summed E-state index contributed by atoms with van der Waals surface area (Å²) in [4.78, 5) is 24.2. The first-order valence-electron chi connectivity index (χ1n) is 8.18. The zero-order valence-corrected chi connectivity index (χ0v) is 14.8. The van der Waals surface area contributed by atoms with Crippen molar-refractivity contribution in [2.45, 2.75) is 25.2 Å². The second-order valence-corrected chi connectivity index (χ2v) is 6.55. The van der Waals surface area contributed by atoms with E-state index in [2.05, 4.69) is 0 Å². The Balaban J connectivity index is 2.36. The molecule has 0 unspecified atom stereocenters. The van der Waals surface area contributed by atoms with Crippen LogP contribution >= 0.6 is 0 Å². The van der Waals surface area contributed by atoms with Gasteiger partial charge >= 0.3 is 12.4 Å². The zero-order valence-electron chi connectivity index (χ0n) is 14.8. The minimum atomic E-state index is -4.57. The molecule has 0 fully saturated rings. The van der Waals surface area contributed by atoms with E-state index in [4.69, 9.17) is 11.5 Å². The van der Waals surface area contributed by atoms with Gasteiger partial charge in [0.2, 0.25) is 11.8 Å². The van der Waals surface area contributed by atoms with E-state index < -0.39 is 53.6 Å². The van der Waals surface area contributed by atoms with Gasteiger partial charge in [-0.1, -0.05) is 24.3 Å². The molecule has 10 heteroatoms. The normalized spacial score (nSPS) is 12.6. The molecule has 0 spiro atoms. The van der Waals surface area contributed by atoms with Crippen LogP contribution in [0.15, 0.2) is 48.5 Å². The lowest BCUT2D eigenvalue weighted by Crippen LogP contribution is -2.50. The molecule has 0 aliphatic heterocycles. The molecule has 0 radical (unpaired) electrons. The van der Waals surface area contributed by atoms with Crippen molar-refractivity contribution in [1.29, 1.82) is 0 Å². The van der Waals surface area contributed by atoms with Gasteiger partial charge in [-0.25, -0.2) is 0 Å². The molecule has 4 N–H and O–H groups in total. The molecule has 2 aromatic carbocycles. The minimum absolute atomic E-state index is 0.183. The van der Waals surface area contributed by atoms with E-state index >= 15 is 0 Å². The molecule has 0 aliphatic carbocycles. The smallest absolute Gasteiger partial charge is 0.369 e. The summed E-state index contributed by atoms with van der Waals surface area (Å²) in [5.41, 5.74) is 7.22. The van der Waals surface area contributed by atoms with Crippen LogP contribution in [-0.4, -0.2) is 11.8 Å². The molecular weight excluding hydrogens is 402 g/mol. The van der Waals surface area contributed by atoms with Gasteiger partial charge in [0.1, 0.15) is 5.41 Å². The fourth-order valence-electron chi connectivity index (χ4n) is 2.85. The van der Waals surface area contributed by atoms with Crippen molar-refractivity contribution in [1.82, 2.24) is 0 Å². The highest BCUT2D eigenvalue weighted by Gasteiger charge is 2.43. The second kappa shape index (κ2) is 7.76. The van der Waals surface area contributed by atoms with Crippen molar-refractivity contribution in [2.24, 2.45) is 16.9 Å². The van der Waals surface area contributed by atoms with E-state index in [1.807, 2.05) is 0 Å². The van der Waals surface area contributed by atoms with Crippen LogP contribution in [0.5, 0.6) is 0 Å². The maximum atomic E-state index is 12.7. The highest BCUT2D eigenvalue weighted by atomic mass is 19.4. The molecule has 0 aliphatic rings. The summed E-state index contributed by atoms with van der Waals surface area (Å²) in [6.45, 7) is 0. The number of nitrogens with two attached hydrogens (primary N) is 2. The van der Waals surface area contributed by atoms with Gasteiger partial charge in [-0.3, -0.25) is 9.59 Å². The molecule has 2 rings (SSSR count). The molecule has 29 heavy (non-hydrogen) atoms. The van der Waals surface area contributed by atoms with Crippen molar-refractivity contribution < 1.29 is 35.9 Å². The van der Waals surface area contributed by atoms with Crippen molar-refractivity contribution in [3.63, 3.8) is 0 Å². The summed E-state index contributed by atoms with van der Waals surface area (Å²) in [7, 11) is 0. The number of hydrogen-bond acceptors (Lipinski definition) is 2. The standard InChI is InChI=1S/C19H16F6N2O2/c20-18(21,22)13-5-1-11(2-6-13)9-17(15(26)28,16(27)29)10-12-3-7-14(8-4-12)19(23,24)25/h1-8H,9-10H2,(H2,26,28)(H2,27,29). The molecular formula is C19H16F6N2O2. The van der Waals surface area contributed by atoms with Gasteiger partial charge in [0.15, 0.2) is 0 Å². The Morgan fingerprint density at radius 3 is 1.10 bits per heavy atom. The molecule has 2 amide bonds. The van der Waals surface area contributed by atoms with E-state index in [0.717, 1.165) is 48.5 Å². The summed E-state index contributed by atoms with van der Waals surface area (Å²) in [6.07, 6.45) is -9.94. The van der Waals surface area contributed by atoms with E-state index in [1.54, 1.807) is 0 Å². The van der Waals surface area contributed by atoms with Crippen LogP contribution in [0.3, 0.4) is 0 Å². The number of alkyl halides is 6. The third-order valence-corrected chi connectivity index (χ3v) is 4.52. The fraction of sp³-hybridized carbons (Fsp3) is 0.263. The lowest BCUT2D eigenvalue weighted by atomic mass is 9.75. The molecule has 0 bridgehead atoms. The van der Waals surface area contributed by atoms with Gasteiger partial charge in [-0.05, 0) is 48.2 Å². The summed E-state index contributed by atoms with van der Waals surface area (Å²) < 4.78 is 76.1. The number of amides is 2. The predicted molar refractivity (Wildman–Crippen MR) is 91.1 cm³/mol. The Kier molecular flexibility index (Phi) is 5.96. The summed E-state index contributed by atoms with van der Waals surface area (Å²) in [5.74, 6) is -2.27. The molecule has 0 saturated carbocycles. The van der Waals surface area contributed by atoms with Gasteiger partial charge in [0.25, 0.3) is 0 Å². The maximum absolute atomic E-state index is 12.7. The predicted octanol–water partition coefficient (Wildman–Crippen LogP) is 3.47. The van der Waals surface area contributed by atoms with E-state index in [1.165, 1.54) is 0 Å². The largest absolute Gasteiger partial charge is 0.416 e. The number of halogens is 6. The lowest BCUT2D eigenvalue weighted by molar-refractivity contribution is -0.140. The highest BCUT2D eigenvalue weighted by Crippen LogP contribution is 2.33. The fourth-order valence-corrected chi connectivity index (χ4v) is 2.85. The number of benzene rings is 2. The third-order valence-electron chi connectivity index (χ3n) is 4.52. The lowest BCUT2D eigenvalue weighted by Gasteiger charge is -2.28. The van der Waals surface area contributed by atoms with Gasteiger partial charge in [0.05, 0.1) is 11.1 Å². The Bertz CT molecular complexity index is 811. The minimum Gasteiger partial charge on any atom is -0.369 e. The van der Waals surface area contributed by atoms with E-state index in [-0.39, 0.29) is 11.1 Å². The topological polar surface area (TPSA) is 86.2 Å². The molecule has 156 valence electrons. The number of rotatable bonds is 6. The van der Waals surface area contributed by atoms with Crippen LogP contribution in [0, 0.1) is 5.41 Å². The molecule has 0 atom stereocenters.